The lowest BCUT2D eigenvalue weighted by Crippen LogP contribution is -2.39. The van der Waals surface area contributed by atoms with Crippen LogP contribution in [-0.4, -0.2) is 37.5 Å². The van der Waals surface area contributed by atoms with E-state index in [4.69, 9.17) is 0 Å². The van der Waals surface area contributed by atoms with Crippen molar-refractivity contribution in [1.82, 2.24) is 10.2 Å². The number of rotatable bonds is 5. The van der Waals surface area contributed by atoms with E-state index in [1.54, 1.807) is 4.90 Å². The Hall–Kier alpha value is -0.570. The molecule has 88 valence electrons. The second-order valence-corrected chi connectivity index (χ2v) is 5.03. The molecule has 0 atom stereocenters. The van der Waals surface area contributed by atoms with Crippen LogP contribution in [0, 0.1) is 5.41 Å². The van der Waals surface area contributed by atoms with Gasteiger partial charge in [-0.05, 0) is 25.2 Å². The van der Waals surface area contributed by atoms with Gasteiger partial charge in [0.05, 0.1) is 6.54 Å². The molecule has 0 bridgehead atoms. The molecule has 0 aromatic heterocycles. The fourth-order valence-corrected chi connectivity index (χ4v) is 2.19. The topological polar surface area (TPSA) is 32.3 Å². The molecule has 3 heteroatoms. The Morgan fingerprint density at radius 2 is 2.00 bits per heavy atom. The van der Waals surface area contributed by atoms with Gasteiger partial charge >= 0.3 is 0 Å². The summed E-state index contributed by atoms with van der Waals surface area (Å²) in [4.78, 5) is 13.3. The van der Waals surface area contributed by atoms with Crippen molar-refractivity contribution in [1.29, 1.82) is 0 Å². The molecular weight excluding hydrogens is 188 g/mol. The van der Waals surface area contributed by atoms with Crippen molar-refractivity contribution < 1.29 is 4.79 Å². The Kier molecular flexibility index (Phi) is 4.58. The number of carbonyl (C=O) groups is 1. The molecule has 15 heavy (non-hydrogen) atoms. The monoisotopic (exact) mass is 212 g/mol. The van der Waals surface area contributed by atoms with E-state index in [0.29, 0.717) is 12.0 Å². The molecule has 1 N–H and O–H groups in total. The summed E-state index contributed by atoms with van der Waals surface area (Å²) in [6, 6.07) is 0. The lowest BCUT2D eigenvalue weighted by atomic mass is 9.89. The molecule has 0 heterocycles. The van der Waals surface area contributed by atoms with Crippen LogP contribution in [-0.2, 0) is 4.79 Å². The van der Waals surface area contributed by atoms with E-state index in [9.17, 15) is 4.79 Å². The van der Waals surface area contributed by atoms with E-state index in [1.165, 1.54) is 25.7 Å². The number of likely N-dealkylation sites (N-methyl/N-ethyl adjacent to an activating group) is 1. The molecule has 0 aliphatic heterocycles. The minimum atomic E-state index is 0.194. The standard InChI is InChI=1S/C12H24N2O/c1-4-14(3)11(15)9-13-10-12(2)7-5-6-8-12/h13H,4-10H2,1-3H3. The van der Waals surface area contributed by atoms with Gasteiger partial charge in [-0.3, -0.25) is 4.79 Å². The van der Waals surface area contributed by atoms with Crippen LogP contribution in [0.3, 0.4) is 0 Å². The third kappa shape index (κ3) is 3.82. The van der Waals surface area contributed by atoms with Gasteiger partial charge in [0.15, 0.2) is 0 Å². The number of nitrogens with one attached hydrogen (secondary N) is 1. The zero-order chi connectivity index (χ0) is 11.3. The second kappa shape index (κ2) is 5.50. The Morgan fingerprint density at radius 1 is 1.40 bits per heavy atom. The first kappa shape index (κ1) is 12.5. The van der Waals surface area contributed by atoms with Crippen LogP contribution >= 0.6 is 0 Å². The van der Waals surface area contributed by atoms with Crippen molar-refractivity contribution in [3.05, 3.63) is 0 Å². The Balaban J connectivity index is 2.18. The quantitative estimate of drug-likeness (QED) is 0.751. The SMILES string of the molecule is CCN(C)C(=O)CNCC1(C)CCCC1. The summed E-state index contributed by atoms with van der Waals surface area (Å²) in [5.41, 5.74) is 0.436. The van der Waals surface area contributed by atoms with Gasteiger partial charge in [0.25, 0.3) is 0 Å². The van der Waals surface area contributed by atoms with Crippen LogP contribution in [0.5, 0.6) is 0 Å². The van der Waals surface area contributed by atoms with E-state index in [1.807, 2.05) is 14.0 Å². The first-order valence-electron chi connectivity index (χ1n) is 6.02. The summed E-state index contributed by atoms with van der Waals surface area (Å²) in [6.07, 6.45) is 5.30. The summed E-state index contributed by atoms with van der Waals surface area (Å²) < 4.78 is 0. The lowest BCUT2D eigenvalue weighted by Gasteiger charge is -2.24. The van der Waals surface area contributed by atoms with Crippen LogP contribution in [0.15, 0.2) is 0 Å². The summed E-state index contributed by atoms with van der Waals surface area (Å²) >= 11 is 0. The summed E-state index contributed by atoms with van der Waals surface area (Å²) in [7, 11) is 1.85. The van der Waals surface area contributed by atoms with Crippen molar-refractivity contribution in [2.75, 3.05) is 26.7 Å². The van der Waals surface area contributed by atoms with Crippen molar-refractivity contribution in [2.24, 2.45) is 5.41 Å². The second-order valence-electron chi connectivity index (χ2n) is 5.03. The Morgan fingerprint density at radius 3 is 2.53 bits per heavy atom. The first-order chi connectivity index (χ1) is 7.07. The van der Waals surface area contributed by atoms with Crippen LogP contribution in [0.2, 0.25) is 0 Å². The predicted octanol–water partition coefficient (Wildman–Crippen LogP) is 1.63. The van der Waals surface area contributed by atoms with E-state index in [-0.39, 0.29) is 5.91 Å². The fourth-order valence-electron chi connectivity index (χ4n) is 2.19. The minimum Gasteiger partial charge on any atom is -0.345 e. The van der Waals surface area contributed by atoms with Gasteiger partial charge in [-0.25, -0.2) is 0 Å². The molecule has 1 aliphatic carbocycles. The van der Waals surface area contributed by atoms with E-state index >= 15 is 0 Å². The third-order valence-electron chi connectivity index (χ3n) is 3.54. The molecule has 1 amide bonds. The molecule has 3 nitrogen and oxygen atoms in total. The van der Waals surface area contributed by atoms with Crippen molar-refractivity contribution in [2.45, 2.75) is 39.5 Å². The summed E-state index contributed by atoms with van der Waals surface area (Å²) in [5.74, 6) is 0.194. The smallest absolute Gasteiger partial charge is 0.236 e. The maximum absolute atomic E-state index is 11.5. The van der Waals surface area contributed by atoms with Gasteiger partial charge in [-0.1, -0.05) is 19.8 Å². The van der Waals surface area contributed by atoms with Gasteiger partial charge in [0.1, 0.15) is 0 Å². The molecule has 1 fully saturated rings. The molecule has 1 rings (SSSR count). The molecule has 0 radical (unpaired) electrons. The zero-order valence-corrected chi connectivity index (χ0v) is 10.3. The van der Waals surface area contributed by atoms with Crippen LogP contribution in [0.1, 0.15) is 39.5 Å². The first-order valence-corrected chi connectivity index (χ1v) is 6.02. The average molecular weight is 212 g/mol. The number of amides is 1. The molecule has 0 unspecified atom stereocenters. The number of nitrogens with zero attached hydrogens (tertiary/aromatic N) is 1. The predicted molar refractivity (Wildman–Crippen MR) is 62.8 cm³/mol. The van der Waals surface area contributed by atoms with Gasteiger partial charge in [0, 0.05) is 20.1 Å². The number of carbonyl (C=O) groups excluding carboxylic acids is 1. The highest BCUT2D eigenvalue weighted by atomic mass is 16.2. The molecule has 0 spiro atoms. The minimum absolute atomic E-state index is 0.194. The van der Waals surface area contributed by atoms with E-state index in [2.05, 4.69) is 12.2 Å². The largest absolute Gasteiger partial charge is 0.345 e. The van der Waals surface area contributed by atoms with Crippen LogP contribution in [0.4, 0.5) is 0 Å². The molecular formula is C12H24N2O. The zero-order valence-electron chi connectivity index (χ0n) is 10.3. The fraction of sp³-hybridized carbons (Fsp3) is 0.917. The van der Waals surface area contributed by atoms with Crippen LogP contribution < -0.4 is 5.32 Å². The van der Waals surface area contributed by atoms with E-state index in [0.717, 1.165) is 13.1 Å². The molecule has 1 saturated carbocycles. The van der Waals surface area contributed by atoms with Gasteiger partial charge in [-0.15, -0.1) is 0 Å². The average Bonchev–Trinajstić information content (AvgIpc) is 2.64. The van der Waals surface area contributed by atoms with E-state index < -0.39 is 0 Å². The number of hydrogen-bond acceptors (Lipinski definition) is 2. The maximum atomic E-state index is 11.5. The molecule has 0 aromatic carbocycles. The van der Waals surface area contributed by atoms with Crippen molar-refractivity contribution in [3.63, 3.8) is 0 Å². The van der Waals surface area contributed by atoms with Crippen molar-refractivity contribution >= 4 is 5.91 Å². The molecule has 0 aromatic rings. The van der Waals surface area contributed by atoms with Gasteiger partial charge < -0.3 is 10.2 Å². The van der Waals surface area contributed by atoms with Gasteiger partial charge in [-0.2, -0.15) is 0 Å². The molecule has 1 aliphatic rings. The summed E-state index contributed by atoms with van der Waals surface area (Å²) in [5, 5.41) is 3.29. The maximum Gasteiger partial charge on any atom is 0.236 e. The highest BCUT2D eigenvalue weighted by molar-refractivity contribution is 5.77. The summed E-state index contributed by atoms with van der Waals surface area (Å²) in [6.45, 7) is 6.57. The molecule has 0 saturated heterocycles. The van der Waals surface area contributed by atoms with Gasteiger partial charge in [0.2, 0.25) is 5.91 Å². The van der Waals surface area contributed by atoms with Crippen LogP contribution in [0.25, 0.3) is 0 Å². The number of hydrogen-bond donors (Lipinski definition) is 1. The normalized spacial score (nSPS) is 19.1. The Labute approximate surface area is 93.2 Å². The highest BCUT2D eigenvalue weighted by Gasteiger charge is 2.28. The van der Waals surface area contributed by atoms with Crippen molar-refractivity contribution in [3.8, 4) is 0 Å². The highest BCUT2D eigenvalue weighted by Crippen LogP contribution is 2.36. The lowest BCUT2D eigenvalue weighted by molar-refractivity contribution is -0.128. The Bertz CT molecular complexity index is 210. The third-order valence-corrected chi connectivity index (χ3v) is 3.54.